The van der Waals surface area contributed by atoms with Crippen LogP contribution in [-0.2, 0) is 5.41 Å². The average Bonchev–Trinajstić information content (AvgIpc) is 2.69. The van der Waals surface area contributed by atoms with Crippen molar-refractivity contribution in [2.24, 2.45) is 5.10 Å². The fraction of sp³-hybridized carbons (Fsp3) is 0.316. The van der Waals surface area contributed by atoms with Gasteiger partial charge in [-0.15, -0.1) is 0 Å². The number of hydrazone groups is 1. The fourth-order valence-corrected chi connectivity index (χ4v) is 3.55. The van der Waals surface area contributed by atoms with Gasteiger partial charge >= 0.3 is 5.69 Å². The maximum Gasteiger partial charge on any atom is 0.301 e. The summed E-state index contributed by atoms with van der Waals surface area (Å²) >= 11 is 0. The number of hydrogen-bond acceptors (Lipinski definition) is 6. The minimum atomic E-state index is -0.660. The standard InChI is InChI=1S/C19H20N4O4/c24-22(25)16-9-10-17(18(13-16)23(26)27)21-20-14-19(11-5-2-6-12-19)15-7-3-1-4-8-15/h1,3-4,7-10,13-14,21H,2,5-6,11-12H2/b20-14+. The summed E-state index contributed by atoms with van der Waals surface area (Å²) in [6, 6.07) is 13.6. The van der Waals surface area contributed by atoms with Gasteiger partial charge in [-0.2, -0.15) is 5.10 Å². The molecule has 2 aromatic carbocycles. The third-order valence-corrected chi connectivity index (χ3v) is 4.98. The number of nitro benzene ring substituents is 2. The molecule has 0 radical (unpaired) electrons. The van der Waals surface area contributed by atoms with Gasteiger partial charge < -0.3 is 0 Å². The summed E-state index contributed by atoms with van der Waals surface area (Å²) in [4.78, 5) is 20.8. The number of nitrogens with one attached hydrogen (secondary N) is 1. The number of hydrogen-bond donors (Lipinski definition) is 1. The van der Waals surface area contributed by atoms with Crippen LogP contribution in [0.1, 0.15) is 37.7 Å². The van der Waals surface area contributed by atoms with E-state index in [1.165, 1.54) is 24.1 Å². The molecule has 2 aromatic rings. The molecular weight excluding hydrogens is 348 g/mol. The van der Waals surface area contributed by atoms with Gasteiger partial charge in [0.15, 0.2) is 0 Å². The van der Waals surface area contributed by atoms with Gasteiger partial charge in [0, 0.05) is 17.7 Å². The van der Waals surface area contributed by atoms with E-state index in [0.717, 1.165) is 31.7 Å². The third-order valence-electron chi connectivity index (χ3n) is 4.98. The Hall–Kier alpha value is -3.29. The van der Waals surface area contributed by atoms with E-state index < -0.39 is 9.85 Å². The number of benzene rings is 2. The highest BCUT2D eigenvalue weighted by Gasteiger charge is 2.32. The molecule has 1 fully saturated rings. The van der Waals surface area contributed by atoms with E-state index in [2.05, 4.69) is 22.7 Å². The summed E-state index contributed by atoms with van der Waals surface area (Å²) in [6.45, 7) is 0. The van der Waals surface area contributed by atoms with E-state index in [0.29, 0.717) is 0 Å². The number of rotatable bonds is 6. The van der Waals surface area contributed by atoms with Crippen molar-refractivity contribution >= 4 is 23.3 Å². The van der Waals surface area contributed by atoms with Crippen LogP contribution in [0.5, 0.6) is 0 Å². The zero-order chi connectivity index (χ0) is 19.3. The van der Waals surface area contributed by atoms with Crippen molar-refractivity contribution in [3.8, 4) is 0 Å². The molecule has 3 rings (SSSR count). The molecule has 1 N–H and O–H groups in total. The molecule has 0 spiro atoms. The van der Waals surface area contributed by atoms with Crippen molar-refractivity contribution in [3.05, 3.63) is 74.3 Å². The molecule has 1 saturated carbocycles. The van der Waals surface area contributed by atoms with Crippen molar-refractivity contribution in [2.45, 2.75) is 37.5 Å². The number of nitrogens with zero attached hydrogens (tertiary/aromatic N) is 3. The SMILES string of the molecule is O=[N+]([O-])c1ccc(N/N=C/C2(c3ccccc3)CCCCC2)c([N+](=O)[O-])c1. The second kappa shape index (κ2) is 7.94. The van der Waals surface area contributed by atoms with Gasteiger partial charge in [-0.1, -0.05) is 49.6 Å². The molecule has 140 valence electrons. The highest BCUT2D eigenvalue weighted by Crippen LogP contribution is 2.38. The fourth-order valence-electron chi connectivity index (χ4n) is 3.55. The molecule has 1 aliphatic rings. The molecule has 0 aromatic heterocycles. The number of anilines is 1. The summed E-state index contributed by atoms with van der Waals surface area (Å²) in [5.74, 6) is 0. The predicted octanol–water partition coefficient (Wildman–Crippen LogP) is 4.80. The molecule has 27 heavy (non-hydrogen) atoms. The van der Waals surface area contributed by atoms with E-state index in [9.17, 15) is 20.2 Å². The Morgan fingerprint density at radius 3 is 2.30 bits per heavy atom. The summed E-state index contributed by atoms with van der Waals surface area (Å²) in [6.07, 6.45) is 7.13. The molecule has 0 amide bonds. The van der Waals surface area contributed by atoms with Crippen LogP contribution in [0.15, 0.2) is 53.6 Å². The van der Waals surface area contributed by atoms with Crippen LogP contribution in [0, 0.1) is 20.2 Å². The zero-order valence-electron chi connectivity index (χ0n) is 14.7. The van der Waals surface area contributed by atoms with Crippen LogP contribution >= 0.6 is 0 Å². The van der Waals surface area contributed by atoms with Crippen LogP contribution in [0.3, 0.4) is 0 Å². The maximum absolute atomic E-state index is 11.2. The van der Waals surface area contributed by atoms with Crippen LogP contribution in [0.4, 0.5) is 17.1 Å². The predicted molar refractivity (Wildman–Crippen MR) is 103 cm³/mol. The lowest BCUT2D eigenvalue weighted by Gasteiger charge is -2.34. The van der Waals surface area contributed by atoms with Crippen molar-refractivity contribution in [1.82, 2.24) is 0 Å². The van der Waals surface area contributed by atoms with Crippen LogP contribution in [-0.4, -0.2) is 16.1 Å². The van der Waals surface area contributed by atoms with Crippen molar-refractivity contribution in [1.29, 1.82) is 0 Å². The Labute approximate surface area is 156 Å². The van der Waals surface area contributed by atoms with Gasteiger partial charge in [0.05, 0.1) is 15.9 Å². The first-order chi connectivity index (χ1) is 13.0. The molecule has 8 nitrogen and oxygen atoms in total. The maximum atomic E-state index is 11.2. The van der Waals surface area contributed by atoms with Crippen molar-refractivity contribution < 1.29 is 9.85 Å². The molecule has 0 unspecified atom stereocenters. The van der Waals surface area contributed by atoms with E-state index >= 15 is 0 Å². The molecule has 0 atom stereocenters. The first kappa shape index (κ1) is 18.5. The second-order valence-corrected chi connectivity index (χ2v) is 6.67. The van der Waals surface area contributed by atoms with E-state index in [1.807, 2.05) is 24.4 Å². The Kier molecular flexibility index (Phi) is 5.44. The summed E-state index contributed by atoms with van der Waals surface area (Å²) < 4.78 is 0. The van der Waals surface area contributed by atoms with Crippen LogP contribution in [0.25, 0.3) is 0 Å². The Morgan fingerprint density at radius 1 is 0.963 bits per heavy atom. The summed E-state index contributed by atoms with van der Waals surface area (Å²) in [5.41, 5.74) is 3.10. The lowest BCUT2D eigenvalue weighted by Crippen LogP contribution is -2.31. The van der Waals surface area contributed by atoms with Gasteiger partial charge in [0.2, 0.25) is 0 Å². The largest absolute Gasteiger partial charge is 0.301 e. The zero-order valence-corrected chi connectivity index (χ0v) is 14.7. The van der Waals surface area contributed by atoms with Gasteiger partial charge in [-0.25, -0.2) is 0 Å². The topological polar surface area (TPSA) is 111 Å². The molecule has 0 saturated heterocycles. The minimum Gasteiger partial charge on any atom is -0.272 e. The van der Waals surface area contributed by atoms with Crippen molar-refractivity contribution in [3.63, 3.8) is 0 Å². The summed E-state index contributed by atoms with van der Waals surface area (Å²) in [7, 11) is 0. The Balaban J connectivity index is 1.87. The lowest BCUT2D eigenvalue weighted by molar-refractivity contribution is -0.393. The second-order valence-electron chi connectivity index (χ2n) is 6.67. The van der Waals surface area contributed by atoms with Gasteiger partial charge in [-0.3, -0.25) is 25.7 Å². The van der Waals surface area contributed by atoms with E-state index in [-0.39, 0.29) is 22.5 Å². The molecule has 0 bridgehead atoms. The van der Waals surface area contributed by atoms with Crippen LogP contribution < -0.4 is 5.43 Å². The molecule has 1 aliphatic carbocycles. The summed E-state index contributed by atoms with van der Waals surface area (Å²) in [5, 5.41) is 26.4. The smallest absolute Gasteiger partial charge is 0.272 e. The average molecular weight is 368 g/mol. The minimum absolute atomic E-state index is 0.126. The molecule has 8 heteroatoms. The lowest BCUT2D eigenvalue weighted by atomic mass is 9.70. The Morgan fingerprint density at radius 2 is 1.67 bits per heavy atom. The number of non-ortho nitro benzene ring substituents is 1. The third kappa shape index (κ3) is 4.11. The van der Waals surface area contributed by atoms with E-state index in [4.69, 9.17) is 0 Å². The van der Waals surface area contributed by atoms with E-state index in [1.54, 1.807) is 0 Å². The quantitative estimate of drug-likeness (QED) is 0.447. The molecule has 0 heterocycles. The van der Waals surface area contributed by atoms with Gasteiger partial charge in [-0.05, 0) is 24.5 Å². The number of nitro groups is 2. The van der Waals surface area contributed by atoms with Crippen molar-refractivity contribution in [2.75, 3.05) is 5.43 Å². The Bertz CT molecular complexity index is 861. The highest BCUT2D eigenvalue weighted by molar-refractivity contribution is 5.75. The first-order valence-corrected chi connectivity index (χ1v) is 8.80. The highest BCUT2D eigenvalue weighted by atomic mass is 16.6. The van der Waals surface area contributed by atoms with Gasteiger partial charge in [0.1, 0.15) is 5.69 Å². The van der Waals surface area contributed by atoms with Gasteiger partial charge in [0.25, 0.3) is 5.69 Å². The first-order valence-electron chi connectivity index (χ1n) is 8.80. The molecule has 0 aliphatic heterocycles. The molecular formula is C19H20N4O4. The monoisotopic (exact) mass is 368 g/mol. The van der Waals surface area contributed by atoms with Crippen LogP contribution in [0.2, 0.25) is 0 Å². The normalized spacial score (nSPS) is 16.1.